The van der Waals surface area contributed by atoms with E-state index >= 15 is 0 Å². The zero-order valence-corrected chi connectivity index (χ0v) is 8.19. The summed E-state index contributed by atoms with van der Waals surface area (Å²) in [5.41, 5.74) is 5.72. The monoisotopic (exact) mass is 218 g/mol. The fourth-order valence-electron chi connectivity index (χ4n) is 0.902. The van der Waals surface area contributed by atoms with Crippen LogP contribution in [-0.2, 0) is 6.54 Å². The minimum absolute atomic E-state index is 0.329. The third-order valence-electron chi connectivity index (χ3n) is 1.39. The van der Waals surface area contributed by atoms with Gasteiger partial charge >= 0.3 is 6.03 Å². The molecule has 0 radical (unpaired) electrons. The minimum Gasteiger partial charge on any atom is -0.352 e. The van der Waals surface area contributed by atoms with Crippen molar-refractivity contribution in [1.29, 1.82) is 0 Å². The van der Waals surface area contributed by atoms with Gasteiger partial charge in [0.1, 0.15) is 0 Å². The first-order valence-corrected chi connectivity index (χ1v) is 4.32. The quantitative estimate of drug-likeness (QED) is 0.786. The largest absolute Gasteiger partial charge is 0.352 e. The molecule has 0 aliphatic carbocycles. The summed E-state index contributed by atoms with van der Waals surface area (Å²) in [5.74, 6) is 0. The van der Waals surface area contributed by atoms with Crippen LogP contribution in [-0.4, -0.2) is 6.03 Å². The van der Waals surface area contributed by atoms with Crippen molar-refractivity contribution in [3.05, 3.63) is 33.8 Å². The van der Waals surface area contributed by atoms with E-state index in [1.165, 1.54) is 0 Å². The molecule has 0 heterocycles. The van der Waals surface area contributed by atoms with E-state index in [9.17, 15) is 4.79 Å². The number of nitrogens with two attached hydrogens (primary N) is 1. The Kier molecular flexibility index (Phi) is 3.39. The van der Waals surface area contributed by atoms with Gasteiger partial charge in [-0.05, 0) is 23.8 Å². The van der Waals surface area contributed by atoms with Gasteiger partial charge in [-0.3, -0.25) is 0 Å². The summed E-state index contributed by atoms with van der Waals surface area (Å²) in [6.07, 6.45) is 0. The lowest BCUT2D eigenvalue weighted by Crippen LogP contribution is -2.28. The SMILES string of the molecule is NC(=O)NCc1cc(Cl)cc(Cl)c1. The van der Waals surface area contributed by atoms with E-state index in [0.717, 1.165) is 5.56 Å². The summed E-state index contributed by atoms with van der Waals surface area (Å²) >= 11 is 11.5. The van der Waals surface area contributed by atoms with Crippen molar-refractivity contribution >= 4 is 29.2 Å². The van der Waals surface area contributed by atoms with E-state index in [1.807, 2.05) is 0 Å². The summed E-state index contributed by atoms with van der Waals surface area (Å²) in [5, 5.41) is 3.51. The van der Waals surface area contributed by atoms with Gasteiger partial charge in [0.2, 0.25) is 0 Å². The lowest BCUT2D eigenvalue weighted by molar-refractivity contribution is 0.248. The summed E-state index contributed by atoms with van der Waals surface area (Å²) in [6.45, 7) is 0.329. The predicted molar refractivity (Wildman–Crippen MR) is 52.9 cm³/mol. The first kappa shape index (κ1) is 10.2. The van der Waals surface area contributed by atoms with E-state index < -0.39 is 6.03 Å². The molecule has 0 fully saturated rings. The second-order valence-corrected chi connectivity index (χ2v) is 3.37. The van der Waals surface area contributed by atoms with Crippen molar-refractivity contribution in [2.24, 2.45) is 5.73 Å². The fraction of sp³-hybridized carbons (Fsp3) is 0.125. The Labute approximate surface area is 85.8 Å². The zero-order chi connectivity index (χ0) is 9.84. The van der Waals surface area contributed by atoms with Crippen molar-refractivity contribution in [3.63, 3.8) is 0 Å². The van der Waals surface area contributed by atoms with Crippen LogP contribution in [0.15, 0.2) is 18.2 Å². The predicted octanol–water partition coefficient (Wildman–Crippen LogP) is 2.16. The van der Waals surface area contributed by atoms with Crippen molar-refractivity contribution < 1.29 is 4.79 Å². The Bertz CT molecular complexity index is 308. The van der Waals surface area contributed by atoms with Gasteiger partial charge in [-0.2, -0.15) is 0 Å². The normalized spacial score (nSPS) is 9.69. The summed E-state index contributed by atoms with van der Waals surface area (Å²) < 4.78 is 0. The molecule has 3 N–H and O–H groups in total. The molecule has 5 heteroatoms. The molecule has 1 aromatic rings. The topological polar surface area (TPSA) is 55.1 Å². The Morgan fingerprint density at radius 1 is 1.31 bits per heavy atom. The van der Waals surface area contributed by atoms with Crippen LogP contribution in [0.25, 0.3) is 0 Å². The van der Waals surface area contributed by atoms with E-state index in [2.05, 4.69) is 5.32 Å². The van der Waals surface area contributed by atoms with Gasteiger partial charge in [0.15, 0.2) is 0 Å². The number of halogens is 2. The van der Waals surface area contributed by atoms with Crippen LogP contribution < -0.4 is 11.1 Å². The number of carbonyl (C=O) groups is 1. The maximum atomic E-state index is 10.4. The van der Waals surface area contributed by atoms with Gasteiger partial charge in [0.25, 0.3) is 0 Å². The number of hydrogen-bond donors (Lipinski definition) is 2. The second kappa shape index (κ2) is 4.35. The first-order valence-electron chi connectivity index (χ1n) is 3.56. The average molecular weight is 219 g/mol. The third kappa shape index (κ3) is 3.53. The van der Waals surface area contributed by atoms with Crippen LogP contribution in [0.3, 0.4) is 0 Å². The Morgan fingerprint density at radius 3 is 2.31 bits per heavy atom. The standard InChI is InChI=1S/C8H8Cl2N2O/c9-6-1-5(2-7(10)3-6)4-12-8(11)13/h1-3H,4H2,(H3,11,12,13). The van der Waals surface area contributed by atoms with Gasteiger partial charge in [-0.15, -0.1) is 0 Å². The zero-order valence-electron chi connectivity index (χ0n) is 6.68. The molecule has 70 valence electrons. The highest BCUT2D eigenvalue weighted by Crippen LogP contribution is 2.18. The third-order valence-corrected chi connectivity index (χ3v) is 1.83. The van der Waals surface area contributed by atoms with Gasteiger partial charge in [-0.1, -0.05) is 23.2 Å². The molecule has 0 atom stereocenters. The van der Waals surface area contributed by atoms with Gasteiger partial charge in [0.05, 0.1) is 0 Å². The lowest BCUT2D eigenvalue weighted by Gasteiger charge is -2.03. The lowest BCUT2D eigenvalue weighted by atomic mass is 10.2. The maximum Gasteiger partial charge on any atom is 0.312 e. The Balaban J connectivity index is 2.71. The molecule has 1 aromatic carbocycles. The van der Waals surface area contributed by atoms with Crippen LogP contribution in [0.5, 0.6) is 0 Å². The van der Waals surface area contributed by atoms with Crippen LogP contribution in [0.2, 0.25) is 10.0 Å². The number of urea groups is 1. The summed E-state index contributed by atoms with van der Waals surface area (Å²) in [7, 11) is 0. The first-order chi connectivity index (χ1) is 6.08. The van der Waals surface area contributed by atoms with Gasteiger partial charge in [-0.25, -0.2) is 4.79 Å². The number of primary amides is 1. The van der Waals surface area contributed by atoms with Crippen molar-refractivity contribution in [2.45, 2.75) is 6.54 Å². The smallest absolute Gasteiger partial charge is 0.312 e. The van der Waals surface area contributed by atoms with Crippen LogP contribution in [0.4, 0.5) is 4.79 Å². The highest BCUT2D eigenvalue weighted by atomic mass is 35.5. The highest BCUT2D eigenvalue weighted by molar-refractivity contribution is 6.34. The van der Waals surface area contributed by atoms with Gasteiger partial charge in [0, 0.05) is 16.6 Å². The van der Waals surface area contributed by atoms with E-state index in [1.54, 1.807) is 18.2 Å². The summed E-state index contributed by atoms with van der Waals surface area (Å²) in [4.78, 5) is 10.4. The number of nitrogens with one attached hydrogen (secondary N) is 1. The van der Waals surface area contributed by atoms with Crippen LogP contribution in [0.1, 0.15) is 5.56 Å². The molecule has 0 aliphatic rings. The van der Waals surface area contributed by atoms with Crippen molar-refractivity contribution in [2.75, 3.05) is 0 Å². The molecule has 0 aliphatic heterocycles. The molecular formula is C8H8Cl2N2O. The fourth-order valence-corrected chi connectivity index (χ4v) is 1.47. The van der Waals surface area contributed by atoms with E-state index in [0.29, 0.717) is 16.6 Å². The van der Waals surface area contributed by atoms with Crippen molar-refractivity contribution in [1.82, 2.24) is 5.32 Å². The summed E-state index contributed by atoms with van der Waals surface area (Å²) in [6, 6.07) is 4.47. The molecular weight excluding hydrogens is 211 g/mol. The molecule has 0 bridgehead atoms. The Morgan fingerprint density at radius 2 is 1.85 bits per heavy atom. The van der Waals surface area contributed by atoms with Gasteiger partial charge < -0.3 is 11.1 Å². The number of rotatable bonds is 2. The molecule has 0 spiro atoms. The number of benzene rings is 1. The minimum atomic E-state index is -0.573. The highest BCUT2D eigenvalue weighted by Gasteiger charge is 1.98. The van der Waals surface area contributed by atoms with Crippen LogP contribution >= 0.6 is 23.2 Å². The molecule has 0 saturated carbocycles. The van der Waals surface area contributed by atoms with E-state index in [-0.39, 0.29) is 0 Å². The number of carbonyl (C=O) groups excluding carboxylic acids is 1. The molecule has 0 unspecified atom stereocenters. The van der Waals surface area contributed by atoms with E-state index in [4.69, 9.17) is 28.9 Å². The molecule has 1 rings (SSSR count). The number of hydrogen-bond acceptors (Lipinski definition) is 1. The Hall–Kier alpha value is -0.930. The molecule has 3 nitrogen and oxygen atoms in total. The molecule has 13 heavy (non-hydrogen) atoms. The average Bonchev–Trinajstić information content (AvgIpc) is 1.99. The van der Waals surface area contributed by atoms with Crippen molar-refractivity contribution in [3.8, 4) is 0 Å². The number of amides is 2. The molecule has 0 saturated heterocycles. The van der Waals surface area contributed by atoms with Crippen LogP contribution in [0, 0.1) is 0 Å². The maximum absolute atomic E-state index is 10.4. The second-order valence-electron chi connectivity index (χ2n) is 2.50. The molecule has 2 amide bonds. The molecule has 0 aromatic heterocycles.